The average Bonchev–Trinajstić information content (AvgIpc) is 2.90. The summed E-state index contributed by atoms with van der Waals surface area (Å²) >= 11 is 0. The normalized spacial score (nSPS) is 18.0. The standard InChI is InChI=1S/C17H26N2O2/c1-13-4-5-16(14(2)10-13)21-9-7-17(20)19-8-6-15(12-19)11-18-3/h4-5,10,15,18H,6-9,11-12H2,1-3H3. The van der Waals surface area contributed by atoms with E-state index in [2.05, 4.69) is 18.3 Å². The first-order valence-corrected chi connectivity index (χ1v) is 7.72. The largest absolute Gasteiger partial charge is 0.493 e. The molecule has 4 nitrogen and oxygen atoms in total. The van der Waals surface area contributed by atoms with E-state index in [0.717, 1.165) is 37.4 Å². The lowest BCUT2D eigenvalue weighted by molar-refractivity contribution is -0.130. The number of aryl methyl sites for hydroxylation is 2. The van der Waals surface area contributed by atoms with E-state index in [9.17, 15) is 4.79 Å². The number of amides is 1. The zero-order valence-corrected chi connectivity index (χ0v) is 13.3. The fourth-order valence-corrected chi connectivity index (χ4v) is 2.88. The molecule has 1 heterocycles. The minimum absolute atomic E-state index is 0.207. The van der Waals surface area contributed by atoms with Crippen LogP contribution in [-0.4, -0.2) is 44.1 Å². The number of hydrogen-bond acceptors (Lipinski definition) is 3. The van der Waals surface area contributed by atoms with Crippen LogP contribution in [0.3, 0.4) is 0 Å². The summed E-state index contributed by atoms with van der Waals surface area (Å²) in [5.41, 5.74) is 2.35. The monoisotopic (exact) mass is 290 g/mol. The Morgan fingerprint density at radius 2 is 2.24 bits per heavy atom. The smallest absolute Gasteiger partial charge is 0.226 e. The highest BCUT2D eigenvalue weighted by atomic mass is 16.5. The Morgan fingerprint density at radius 3 is 2.95 bits per heavy atom. The molecule has 1 aliphatic heterocycles. The van der Waals surface area contributed by atoms with Gasteiger partial charge in [-0.15, -0.1) is 0 Å². The van der Waals surface area contributed by atoms with Crippen molar-refractivity contribution in [2.75, 3.05) is 33.3 Å². The predicted molar refractivity (Wildman–Crippen MR) is 84.6 cm³/mol. The van der Waals surface area contributed by atoms with Gasteiger partial charge in [0.15, 0.2) is 0 Å². The lowest BCUT2D eigenvalue weighted by Crippen LogP contribution is -2.31. The van der Waals surface area contributed by atoms with E-state index < -0.39 is 0 Å². The fraction of sp³-hybridized carbons (Fsp3) is 0.588. The lowest BCUT2D eigenvalue weighted by Gasteiger charge is -2.17. The van der Waals surface area contributed by atoms with Gasteiger partial charge in [-0.1, -0.05) is 17.7 Å². The van der Waals surface area contributed by atoms with Crippen LogP contribution in [0.15, 0.2) is 18.2 Å². The van der Waals surface area contributed by atoms with Gasteiger partial charge in [0.25, 0.3) is 0 Å². The van der Waals surface area contributed by atoms with E-state index in [4.69, 9.17) is 4.74 Å². The number of hydrogen-bond donors (Lipinski definition) is 1. The molecule has 1 aromatic rings. The highest BCUT2D eigenvalue weighted by Gasteiger charge is 2.25. The maximum absolute atomic E-state index is 12.1. The molecule has 0 aliphatic carbocycles. The van der Waals surface area contributed by atoms with E-state index in [-0.39, 0.29) is 5.91 Å². The topological polar surface area (TPSA) is 41.6 Å². The summed E-state index contributed by atoms with van der Waals surface area (Å²) in [4.78, 5) is 14.1. The first-order chi connectivity index (χ1) is 10.1. The molecule has 0 radical (unpaired) electrons. The van der Waals surface area contributed by atoms with Gasteiger partial charge in [-0.3, -0.25) is 4.79 Å². The van der Waals surface area contributed by atoms with Gasteiger partial charge in [0.05, 0.1) is 13.0 Å². The van der Waals surface area contributed by atoms with Crippen LogP contribution in [0.25, 0.3) is 0 Å². The zero-order valence-electron chi connectivity index (χ0n) is 13.3. The molecule has 1 saturated heterocycles. The maximum atomic E-state index is 12.1. The van der Waals surface area contributed by atoms with E-state index in [1.165, 1.54) is 5.56 Å². The summed E-state index contributed by atoms with van der Waals surface area (Å²) in [6, 6.07) is 6.11. The second kappa shape index (κ2) is 7.46. The van der Waals surface area contributed by atoms with Gasteiger partial charge in [0, 0.05) is 13.1 Å². The van der Waals surface area contributed by atoms with Crippen molar-refractivity contribution >= 4 is 5.91 Å². The third-order valence-corrected chi connectivity index (χ3v) is 4.04. The van der Waals surface area contributed by atoms with Crippen molar-refractivity contribution in [1.29, 1.82) is 0 Å². The zero-order chi connectivity index (χ0) is 15.2. The van der Waals surface area contributed by atoms with Crippen LogP contribution in [0.4, 0.5) is 0 Å². The Hall–Kier alpha value is -1.55. The quantitative estimate of drug-likeness (QED) is 0.873. The van der Waals surface area contributed by atoms with Crippen molar-refractivity contribution in [2.24, 2.45) is 5.92 Å². The van der Waals surface area contributed by atoms with Crippen molar-refractivity contribution in [3.8, 4) is 5.75 Å². The molecule has 116 valence electrons. The highest BCUT2D eigenvalue weighted by Crippen LogP contribution is 2.20. The summed E-state index contributed by atoms with van der Waals surface area (Å²) in [5, 5.41) is 3.18. The molecule has 2 rings (SSSR count). The molecule has 1 atom stereocenters. The van der Waals surface area contributed by atoms with Gasteiger partial charge in [0.1, 0.15) is 5.75 Å². The second-order valence-electron chi connectivity index (χ2n) is 5.92. The van der Waals surface area contributed by atoms with Crippen LogP contribution < -0.4 is 10.1 Å². The minimum atomic E-state index is 0.207. The Labute approximate surface area is 127 Å². The molecular formula is C17H26N2O2. The van der Waals surface area contributed by atoms with Crippen molar-refractivity contribution in [3.05, 3.63) is 29.3 Å². The first kappa shape index (κ1) is 15.8. The van der Waals surface area contributed by atoms with Crippen molar-refractivity contribution in [1.82, 2.24) is 10.2 Å². The van der Waals surface area contributed by atoms with Gasteiger partial charge in [0.2, 0.25) is 5.91 Å². The third-order valence-electron chi connectivity index (χ3n) is 4.04. The Kier molecular flexibility index (Phi) is 5.62. The molecule has 0 bridgehead atoms. The number of nitrogens with zero attached hydrogens (tertiary/aromatic N) is 1. The minimum Gasteiger partial charge on any atom is -0.493 e. The maximum Gasteiger partial charge on any atom is 0.226 e. The van der Waals surface area contributed by atoms with Gasteiger partial charge in [-0.05, 0) is 51.4 Å². The van der Waals surface area contributed by atoms with Crippen molar-refractivity contribution in [3.63, 3.8) is 0 Å². The Morgan fingerprint density at radius 1 is 1.43 bits per heavy atom. The van der Waals surface area contributed by atoms with Gasteiger partial charge in [-0.25, -0.2) is 0 Å². The number of benzene rings is 1. The third kappa shape index (κ3) is 4.46. The molecule has 1 fully saturated rings. The number of ether oxygens (including phenoxy) is 1. The molecule has 1 amide bonds. The van der Waals surface area contributed by atoms with Gasteiger partial charge in [-0.2, -0.15) is 0 Å². The molecule has 1 aromatic carbocycles. The van der Waals surface area contributed by atoms with E-state index in [0.29, 0.717) is 18.9 Å². The van der Waals surface area contributed by atoms with E-state index in [1.54, 1.807) is 0 Å². The van der Waals surface area contributed by atoms with Crippen LogP contribution >= 0.6 is 0 Å². The van der Waals surface area contributed by atoms with Crippen LogP contribution in [-0.2, 0) is 4.79 Å². The molecule has 1 N–H and O–H groups in total. The summed E-state index contributed by atoms with van der Waals surface area (Å²) in [7, 11) is 1.96. The Bertz CT molecular complexity index is 488. The Balaban J connectivity index is 1.74. The van der Waals surface area contributed by atoms with Crippen LogP contribution in [0, 0.1) is 19.8 Å². The van der Waals surface area contributed by atoms with Crippen LogP contribution in [0.5, 0.6) is 5.75 Å². The summed E-state index contributed by atoms with van der Waals surface area (Å²) in [5.74, 6) is 1.68. The summed E-state index contributed by atoms with van der Waals surface area (Å²) < 4.78 is 5.74. The molecule has 4 heteroatoms. The number of rotatable bonds is 6. The predicted octanol–water partition coefficient (Wildman–Crippen LogP) is 2.14. The van der Waals surface area contributed by atoms with Crippen LogP contribution in [0.1, 0.15) is 24.0 Å². The number of carbonyl (C=O) groups is 1. The summed E-state index contributed by atoms with van der Waals surface area (Å²) in [6.45, 7) is 7.30. The van der Waals surface area contributed by atoms with Crippen LogP contribution in [0.2, 0.25) is 0 Å². The molecule has 0 aromatic heterocycles. The number of nitrogens with one attached hydrogen (secondary N) is 1. The highest BCUT2D eigenvalue weighted by molar-refractivity contribution is 5.76. The lowest BCUT2D eigenvalue weighted by atomic mass is 10.1. The van der Waals surface area contributed by atoms with Gasteiger partial charge < -0.3 is 15.0 Å². The molecule has 1 aliphatic rings. The summed E-state index contributed by atoms with van der Waals surface area (Å²) in [6.07, 6.45) is 1.56. The number of carbonyl (C=O) groups excluding carboxylic acids is 1. The molecule has 21 heavy (non-hydrogen) atoms. The first-order valence-electron chi connectivity index (χ1n) is 7.72. The number of likely N-dealkylation sites (tertiary alicyclic amines) is 1. The van der Waals surface area contributed by atoms with Crippen molar-refractivity contribution in [2.45, 2.75) is 26.7 Å². The van der Waals surface area contributed by atoms with E-state index >= 15 is 0 Å². The molecular weight excluding hydrogens is 264 g/mol. The fourth-order valence-electron chi connectivity index (χ4n) is 2.88. The van der Waals surface area contributed by atoms with Gasteiger partial charge >= 0.3 is 0 Å². The van der Waals surface area contributed by atoms with E-state index in [1.807, 2.05) is 31.0 Å². The van der Waals surface area contributed by atoms with Crippen molar-refractivity contribution < 1.29 is 9.53 Å². The SMILES string of the molecule is CNCC1CCN(C(=O)CCOc2ccc(C)cc2C)C1. The second-order valence-corrected chi connectivity index (χ2v) is 5.92. The molecule has 1 unspecified atom stereocenters. The molecule has 0 saturated carbocycles. The molecule has 0 spiro atoms. The average molecular weight is 290 g/mol.